The van der Waals surface area contributed by atoms with Crippen LogP contribution in [0.25, 0.3) is 0 Å². The molecule has 0 saturated heterocycles. The molecule has 0 aliphatic carbocycles. The van der Waals surface area contributed by atoms with Crippen molar-refractivity contribution < 1.29 is 0 Å². The van der Waals surface area contributed by atoms with Gasteiger partial charge in [0.25, 0.3) is 0 Å². The summed E-state index contributed by atoms with van der Waals surface area (Å²) >= 11 is 0. The maximum atomic E-state index is 8.93. The quantitative estimate of drug-likeness (QED) is 0.598. The van der Waals surface area contributed by atoms with Crippen LogP contribution in [0.2, 0.25) is 0 Å². The molecule has 2 heteroatoms. The van der Waals surface area contributed by atoms with Crippen molar-refractivity contribution >= 4 is 5.69 Å². The van der Waals surface area contributed by atoms with Gasteiger partial charge in [-0.2, -0.15) is 5.26 Å². The van der Waals surface area contributed by atoms with E-state index in [0.717, 1.165) is 24.2 Å². The minimum absolute atomic E-state index is 0.694. The van der Waals surface area contributed by atoms with Gasteiger partial charge in [0, 0.05) is 13.0 Å². The molecule has 0 radical (unpaired) electrons. The number of hydrogen-bond acceptors (Lipinski definition) is 2. The fourth-order valence-electron chi connectivity index (χ4n) is 1.37. The van der Waals surface area contributed by atoms with E-state index in [9.17, 15) is 0 Å². The summed E-state index contributed by atoms with van der Waals surface area (Å²) in [6.45, 7) is 4.60. The summed E-state index contributed by atoms with van der Waals surface area (Å²) in [6, 6.07) is 7.89. The number of para-hydroxylation sites is 1. The van der Waals surface area contributed by atoms with Gasteiger partial charge in [0.2, 0.25) is 0 Å². The molecule has 0 saturated carbocycles. The van der Waals surface area contributed by atoms with Crippen LogP contribution in [0, 0.1) is 30.1 Å². The summed E-state index contributed by atoms with van der Waals surface area (Å²) < 4.78 is 0. The van der Waals surface area contributed by atoms with Gasteiger partial charge in [-0.1, -0.05) is 12.1 Å². The molecule has 0 heterocycles. The third kappa shape index (κ3) is 3.04. The predicted molar refractivity (Wildman–Crippen MR) is 62.5 cm³/mol. The fraction of sp³-hybridized carbons (Fsp3) is 0.308. The molecule has 0 atom stereocenters. The third-order valence-electron chi connectivity index (χ3n) is 2.12. The second-order valence-electron chi connectivity index (χ2n) is 3.21. The van der Waals surface area contributed by atoms with Crippen molar-refractivity contribution in [1.29, 1.82) is 5.26 Å². The number of anilines is 1. The Morgan fingerprint density at radius 2 is 2.20 bits per heavy atom. The van der Waals surface area contributed by atoms with Crippen LogP contribution in [0.5, 0.6) is 0 Å². The minimum Gasteiger partial charge on any atom is -0.383 e. The summed E-state index contributed by atoms with van der Waals surface area (Å²) in [5.74, 6) is 5.82. The topological polar surface area (TPSA) is 35.8 Å². The zero-order chi connectivity index (χ0) is 11.1. The Hall–Kier alpha value is -1.93. The molecule has 0 spiro atoms. The number of aryl methyl sites for hydroxylation is 1. The molecule has 0 amide bonds. The molecule has 1 aromatic rings. The summed E-state index contributed by atoms with van der Waals surface area (Å²) in [7, 11) is 0. The molecule has 1 aromatic carbocycles. The van der Waals surface area contributed by atoms with E-state index in [-0.39, 0.29) is 0 Å². The highest BCUT2D eigenvalue weighted by atomic mass is 14.9. The van der Waals surface area contributed by atoms with Crippen LogP contribution in [0.15, 0.2) is 18.2 Å². The van der Waals surface area contributed by atoms with E-state index in [1.54, 1.807) is 0 Å². The van der Waals surface area contributed by atoms with Gasteiger partial charge in [0.05, 0.1) is 11.3 Å². The van der Waals surface area contributed by atoms with Crippen molar-refractivity contribution in [3.8, 4) is 17.9 Å². The van der Waals surface area contributed by atoms with E-state index in [0.29, 0.717) is 5.56 Å². The summed E-state index contributed by atoms with van der Waals surface area (Å²) in [5.41, 5.74) is 2.72. The van der Waals surface area contributed by atoms with Crippen LogP contribution >= 0.6 is 0 Å². The van der Waals surface area contributed by atoms with Crippen LogP contribution in [-0.2, 0) is 0 Å². The van der Waals surface area contributed by atoms with Gasteiger partial charge in [-0.15, -0.1) is 11.8 Å². The van der Waals surface area contributed by atoms with Gasteiger partial charge >= 0.3 is 0 Å². The summed E-state index contributed by atoms with van der Waals surface area (Å²) in [4.78, 5) is 0. The van der Waals surface area contributed by atoms with E-state index in [1.165, 1.54) is 0 Å². The lowest BCUT2D eigenvalue weighted by Crippen LogP contribution is -2.04. The average Bonchev–Trinajstić information content (AvgIpc) is 2.26. The Kier molecular flexibility index (Phi) is 4.26. The highest BCUT2D eigenvalue weighted by Crippen LogP contribution is 2.19. The Morgan fingerprint density at radius 3 is 2.87 bits per heavy atom. The molecule has 15 heavy (non-hydrogen) atoms. The van der Waals surface area contributed by atoms with Gasteiger partial charge in [0.15, 0.2) is 0 Å². The van der Waals surface area contributed by atoms with Crippen LogP contribution in [0.1, 0.15) is 24.5 Å². The molecule has 76 valence electrons. The first kappa shape index (κ1) is 11.1. The molecular formula is C13H14N2. The molecule has 0 bridgehead atoms. The molecule has 0 fully saturated rings. The highest BCUT2D eigenvalue weighted by Gasteiger charge is 2.02. The second-order valence-corrected chi connectivity index (χ2v) is 3.21. The van der Waals surface area contributed by atoms with Gasteiger partial charge < -0.3 is 5.32 Å². The van der Waals surface area contributed by atoms with Gasteiger partial charge in [-0.25, -0.2) is 0 Å². The minimum atomic E-state index is 0.694. The van der Waals surface area contributed by atoms with E-state index in [4.69, 9.17) is 5.26 Å². The lowest BCUT2D eigenvalue weighted by Gasteiger charge is -2.09. The monoisotopic (exact) mass is 198 g/mol. The first-order chi connectivity index (χ1) is 7.29. The first-order valence-corrected chi connectivity index (χ1v) is 4.92. The number of nitriles is 1. The molecular weight excluding hydrogens is 184 g/mol. The standard InChI is InChI=1S/C13H14N2/c1-3-4-5-9-15-13-11(2)7-6-8-12(13)10-14/h6-8,15H,5,9H2,1-2H3. The van der Waals surface area contributed by atoms with E-state index in [2.05, 4.69) is 23.2 Å². The maximum absolute atomic E-state index is 8.93. The Bertz CT molecular complexity index is 430. The summed E-state index contributed by atoms with van der Waals surface area (Å²) in [5, 5.41) is 12.2. The zero-order valence-electron chi connectivity index (χ0n) is 9.09. The molecule has 1 N–H and O–H groups in total. The van der Waals surface area contributed by atoms with E-state index in [1.807, 2.05) is 32.0 Å². The third-order valence-corrected chi connectivity index (χ3v) is 2.12. The van der Waals surface area contributed by atoms with Gasteiger partial charge in [0.1, 0.15) is 6.07 Å². The SMILES string of the molecule is CC#CCCNc1c(C)cccc1C#N. The lowest BCUT2D eigenvalue weighted by atomic mass is 10.1. The number of benzene rings is 1. The fourth-order valence-corrected chi connectivity index (χ4v) is 1.37. The second kappa shape index (κ2) is 5.73. The number of hydrogen-bond donors (Lipinski definition) is 1. The molecule has 0 aliphatic rings. The highest BCUT2D eigenvalue weighted by molar-refractivity contribution is 5.62. The maximum Gasteiger partial charge on any atom is 0.101 e. The zero-order valence-corrected chi connectivity index (χ0v) is 9.09. The lowest BCUT2D eigenvalue weighted by molar-refractivity contribution is 1.09. The largest absolute Gasteiger partial charge is 0.383 e. The van der Waals surface area contributed by atoms with Gasteiger partial charge in [-0.05, 0) is 25.5 Å². The van der Waals surface area contributed by atoms with Crippen LogP contribution in [0.4, 0.5) is 5.69 Å². The number of nitrogens with one attached hydrogen (secondary N) is 1. The van der Waals surface area contributed by atoms with Crippen molar-refractivity contribution in [3.05, 3.63) is 29.3 Å². The first-order valence-electron chi connectivity index (χ1n) is 4.92. The average molecular weight is 198 g/mol. The normalized spacial score (nSPS) is 8.60. The smallest absolute Gasteiger partial charge is 0.101 e. The van der Waals surface area contributed by atoms with E-state index >= 15 is 0 Å². The molecule has 0 unspecified atom stereocenters. The number of rotatable bonds is 3. The Balaban J connectivity index is 2.74. The van der Waals surface area contributed by atoms with Crippen LogP contribution in [0.3, 0.4) is 0 Å². The van der Waals surface area contributed by atoms with Crippen molar-refractivity contribution in [2.24, 2.45) is 0 Å². The molecule has 1 rings (SSSR count). The van der Waals surface area contributed by atoms with Crippen molar-refractivity contribution in [2.75, 3.05) is 11.9 Å². The van der Waals surface area contributed by atoms with Crippen LogP contribution < -0.4 is 5.32 Å². The Labute approximate surface area is 90.9 Å². The van der Waals surface area contributed by atoms with Crippen molar-refractivity contribution in [1.82, 2.24) is 0 Å². The predicted octanol–water partition coefficient (Wildman–Crippen LogP) is 2.69. The van der Waals surface area contributed by atoms with Crippen LogP contribution in [-0.4, -0.2) is 6.54 Å². The number of nitrogens with zero attached hydrogens (tertiary/aromatic N) is 1. The van der Waals surface area contributed by atoms with Crippen molar-refractivity contribution in [3.63, 3.8) is 0 Å². The molecule has 2 nitrogen and oxygen atoms in total. The summed E-state index contributed by atoms with van der Waals surface area (Å²) in [6.07, 6.45) is 0.801. The Morgan fingerprint density at radius 1 is 1.40 bits per heavy atom. The molecule has 0 aromatic heterocycles. The van der Waals surface area contributed by atoms with E-state index < -0.39 is 0 Å². The van der Waals surface area contributed by atoms with Crippen molar-refractivity contribution in [2.45, 2.75) is 20.3 Å². The van der Waals surface area contributed by atoms with Gasteiger partial charge in [-0.3, -0.25) is 0 Å². The molecule has 0 aliphatic heterocycles.